The first-order chi connectivity index (χ1) is 13.7. The van der Waals surface area contributed by atoms with E-state index < -0.39 is 0 Å². The highest BCUT2D eigenvalue weighted by atomic mass is 15.3. The van der Waals surface area contributed by atoms with Crippen molar-refractivity contribution in [3.8, 4) is 11.1 Å². The lowest BCUT2D eigenvalue weighted by Crippen LogP contribution is -2.47. The molecule has 3 aromatic rings. The first-order valence-electron chi connectivity index (χ1n) is 9.66. The first-order valence-corrected chi connectivity index (χ1v) is 9.66. The third kappa shape index (κ3) is 4.28. The molecule has 0 aliphatic carbocycles. The van der Waals surface area contributed by atoms with E-state index in [0.717, 1.165) is 55.6 Å². The van der Waals surface area contributed by atoms with Gasteiger partial charge in [0.2, 0.25) is 5.95 Å². The quantitative estimate of drug-likeness (QED) is 0.684. The highest BCUT2D eigenvalue weighted by molar-refractivity contribution is 5.63. The fourth-order valence-electron chi connectivity index (χ4n) is 3.52. The van der Waals surface area contributed by atoms with Gasteiger partial charge in [-0.2, -0.15) is 0 Å². The third-order valence-electron chi connectivity index (χ3n) is 4.93. The van der Waals surface area contributed by atoms with Gasteiger partial charge in [0, 0.05) is 56.9 Å². The maximum atomic E-state index is 4.64. The van der Waals surface area contributed by atoms with Crippen molar-refractivity contribution < 1.29 is 0 Å². The van der Waals surface area contributed by atoms with Gasteiger partial charge in [-0.1, -0.05) is 24.3 Å². The highest BCUT2D eigenvalue weighted by Crippen LogP contribution is 2.22. The summed E-state index contributed by atoms with van der Waals surface area (Å²) in [6.45, 7) is 4.57. The van der Waals surface area contributed by atoms with Crippen LogP contribution < -0.4 is 9.80 Å². The molecule has 144 valence electrons. The molecule has 1 aromatic carbocycles. The van der Waals surface area contributed by atoms with Gasteiger partial charge < -0.3 is 14.7 Å². The fraction of sp³-hybridized carbons (Fsp3) is 0.318. The number of anilines is 2. The lowest BCUT2D eigenvalue weighted by Gasteiger charge is -2.35. The van der Waals surface area contributed by atoms with Gasteiger partial charge in [-0.25, -0.2) is 15.0 Å². The van der Waals surface area contributed by atoms with Crippen molar-refractivity contribution in [3.05, 3.63) is 66.6 Å². The molecule has 0 atom stereocenters. The van der Waals surface area contributed by atoms with Crippen molar-refractivity contribution in [3.63, 3.8) is 0 Å². The third-order valence-corrected chi connectivity index (χ3v) is 4.93. The summed E-state index contributed by atoms with van der Waals surface area (Å²) in [7, 11) is 4.16. The Morgan fingerprint density at radius 3 is 2.25 bits per heavy atom. The Labute approximate surface area is 166 Å². The second-order valence-electron chi connectivity index (χ2n) is 7.37. The first kappa shape index (κ1) is 18.4. The average Bonchev–Trinajstić information content (AvgIpc) is 2.74. The van der Waals surface area contributed by atoms with Crippen LogP contribution in [0.1, 0.15) is 5.56 Å². The Morgan fingerprint density at radius 1 is 0.821 bits per heavy atom. The van der Waals surface area contributed by atoms with E-state index >= 15 is 0 Å². The summed E-state index contributed by atoms with van der Waals surface area (Å²) in [5.74, 6) is 1.84. The minimum atomic E-state index is 0.800. The van der Waals surface area contributed by atoms with Crippen LogP contribution in [0.3, 0.4) is 0 Å². The molecule has 0 saturated carbocycles. The molecule has 0 radical (unpaired) electrons. The zero-order valence-electron chi connectivity index (χ0n) is 16.5. The number of benzene rings is 1. The molecule has 6 nitrogen and oxygen atoms in total. The van der Waals surface area contributed by atoms with Crippen LogP contribution in [0, 0.1) is 0 Å². The Balaban J connectivity index is 1.41. The Hall–Kier alpha value is -2.99. The zero-order chi connectivity index (χ0) is 19.3. The Morgan fingerprint density at radius 2 is 1.57 bits per heavy atom. The van der Waals surface area contributed by atoms with E-state index in [-0.39, 0.29) is 0 Å². The fourth-order valence-corrected chi connectivity index (χ4v) is 3.52. The highest BCUT2D eigenvalue weighted by Gasteiger charge is 2.19. The molecule has 0 unspecified atom stereocenters. The molecule has 0 amide bonds. The molecule has 3 heterocycles. The molecule has 0 spiro atoms. The summed E-state index contributed by atoms with van der Waals surface area (Å²) in [6.07, 6.45) is 5.71. The van der Waals surface area contributed by atoms with Gasteiger partial charge in [-0.05, 0) is 43.4 Å². The number of hydrogen-bond acceptors (Lipinski definition) is 6. The normalized spacial score (nSPS) is 14.5. The van der Waals surface area contributed by atoms with Crippen LogP contribution in [-0.4, -0.2) is 60.1 Å². The number of rotatable bonds is 5. The van der Waals surface area contributed by atoms with E-state index in [1.165, 1.54) is 5.56 Å². The number of pyridine rings is 1. The second kappa shape index (κ2) is 8.35. The van der Waals surface area contributed by atoms with Gasteiger partial charge in [-0.3, -0.25) is 0 Å². The van der Waals surface area contributed by atoms with E-state index in [2.05, 4.69) is 74.1 Å². The van der Waals surface area contributed by atoms with Crippen LogP contribution in [0.25, 0.3) is 11.1 Å². The number of nitrogens with zero attached hydrogens (tertiary/aromatic N) is 6. The van der Waals surface area contributed by atoms with Gasteiger partial charge in [0.25, 0.3) is 0 Å². The van der Waals surface area contributed by atoms with Crippen LogP contribution >= 0.6 is 0 Å². The van der Waals surface area contributed by atoms with Gasteiger partial charge in [0.05, 0.1) is 0 Å². The summed E-state index contributed by atoms with van der Waals surface area (Å²) in [5, 5.41) is 0. The molecule has 1 fully saturated rings. The van der Waals surface area contributed by atoms with Crippen molar-refractivity contribution in [1.82, 2.24) is 19.9 Å². The summed E-state index contributed by atoms with van der Waals surface area (Å²) in [5.41, 5.74) is 3.50. The summed E-state index contributed by atoms with van der Waals surface area (Å²) >= 11 is 0. The van der Waals surface area contributed by atoms with E-state index in [9.17, 15) is 0 Å². The van der Waals surface area contributed by atoms with Gasteiger partial charge in [-0.15, -0.1) is 0 Å². The van der Waals surface area contributed by atoms with E-state index in [4.69, 9.17) is 0 Å². The molecule has 1 saturated heterocycles. The molecule has 28 heavy (non-hydrogen) atoms. The molecule has 6 heteroatoms. The Kier molecular flexibility index (Phi) is 5.48. The maximum Gasteiger partial charge on any atom is 0.225 e. The molecule has 0 bridgehead atoms. The van der Waals surface area contributed by atoms with Crippen molar-refractivity contribution in [2.24, 2.45) is 0 Å². The molecule has 4 rings (SSSR count). The number of aromatic nitrogens is 3. The summed E-state index contributed by atoms with van der Waals surface area (Å²) in [4.78, 5) is 20.4. The number of hydrogen-bond donors (Lipinski definition) is 0. The van der Waals surface area contributed by atoms with Crippen molar-refractivity contribution in [2.45, 2.75) is 6.54 Å². The largest absolute Gasteiger partial charge is 0.353 e. The van der Waals surface area contributed by atoms with Crippen LogP contribution in [0.2, 0.25) is 0 Å². The Bertz CT molecular complexity index is 886. The smallest absolute Gasteiger partial charge is 0.225 e. The monoisotopic (exact) mass is 374 g/mol. The predicted molar refractivity (Wildman–Crippen MR) is 114 cm³/mol. The molecule has 0 N–H and O–H groups in total. The van der Waals surface area contributed by atoms with Crippen LogP contribution in [0.4, 0.5) is 11.8 Å². The minimum absolute atomic E-state index is 0.800. The topological polar surface area (TPSA) is 48.4 Å². The van der Waals surface area contributed by atoms with Crippen molar-refractivity contribution >= 4 is 11.8 Å². The van der Waals surface area contributed by atoms with Crippen molar-refractivity contribution in [1.29, 1.82) is 0 Å². The summed E-state index contributed by atoms with van der Waals surface area (Å²) < 4.78 is 0. The maximum absolute atomic E-state index is 4.64. The summed E-state index contributed by atoms with van der Waals surface area (Å²) in [6, 6.07) is 14.6. The molecule has 1 aliphatic rings. The molecular weight excluding hydrogens is 348 g/mol. The van der Waals surface area contributed by atoms with Gasteiger partial charge >= 0.3 is 0 Å². The molecular formula is C22H26N6. The standard InChI is InChI=1S/C22H26N6/c1-26(2)17-18-6-5-7-19(14-18)20-15-24-22(25-16-20)28-12-10-27(11-13-28)21-8-3-4-9-23-21/h3-9,14-16H,10-13,17H2,1-2H3. The van der Waals surface area contributed by atoms with E-state index in [0.29, 0.717) is 0 Å². The van der Waals surface area contributed by atoms with Crippen LogP contribution in [0.15, 0.2) is 61.1 Å². The van der Waals surface area contributed by atoms with Crippen LogP contribution in [0.5, 0.6) is 0 Å². The lowest BCUT2D eigenvalue weighted by atomic mass is 10.1. The van der Waals surface area contributed by atoms with E-state index in [1.807, 2.05) is 30.7 Å². The van der Waals surface area contributed by atoms with Crippen molar-refractivity contribution in [2.75, 3.05) is 50.1 Å². The lowest BCUT2D eigenvalue weighted by molar-refractivity contribution is 0.402. The zero-order valence-corrected chi connectivity index (χ0v) is 16.5. The SMILES string of the molecule is CN(C)Cc1cccc(-c2cnc(N3CCN(c4ccccn4)CC3)nc2)c1. The van der Waals surface area contributed by atoms with Gasteiger partial charge in [0.15, 0.2) is 0 Å². The second-order valence-corrected chi connectivity index (χ2v) is 7.37. The average molecular weight is 374 g/mol. The molecule has 2 aromatic heterocycles. The van der Waals surface area contributed by atoms with E-state index in [1.54, 1.807) is 0 Å². The van der Waals surface area contributed by atoms with Crippen LogP contribution in [-0.2, 0) is 6.54 Å². The molecule has 1 aliphatic heterocycles. The number of piperazine rings is 1. The predicted octanol–water partition coefficient (Wildman–Crippen LogP) is 2.93. The van der Waals surface area contributed by atoms with Gasteiger partial charge in [0.1, 0.15) is 5.82 Å². The minimum Gasteiger partial charge on any atom is -0.353 e.